The lowest BCUT2D eigenvalue weighted by Crippen LogP contribution is -2.36. The summed E-state index contributed by atoms with van der Waals surface area (Å²) in [4.78, 5) is 11.7. The number of carbonyl (C=O) groups excluding carboxylic acids is 1. The average Bonchev–Trinajstić information content (AvgIpc) is 2.69. The van der Waals surface area contributed by atoms with Crippen molar-refractivity contribution in [2.24, 2.45) is 0 Å². The Labute approximate surface area is 120 Å². The smallest absolute Gasteiger partial charge is 0.238 e. The van der Waals surface area contributed by atoms with Crippen LogP contribution in [0, 0.1) is 0 Å². The van der Waals surface area contributed by atoms with Crippen molar-refractivity contribution >= 4 is 37.4 Å². The summed E-state index contributed by atoms with van der Waals surface area (Å²) >= 11 is 3.31. The van der Waals surface area contributed by atoms with E-state index in [-0.39, 0.29) is 24.2 Å². The van der Waals surface area contributed by atoms with Crippen molar-refractivity contribution in [3.05, 3.63) is 40.2 Å². The molecular formula is C12H13BrN2O3S. The summed E-state index contributed by atoms with van der Waals surface area (Å²) < 4.78 is 23.3. The van der Waals surface area contributed by atoms with Crippen LogP contribution in [0.4, 0.5) is 5.69 Å². The summed E-state index contributed by atoms with van der Waals surface area (Å²) in [6.07, 6.45) is 1.56. The van der Waals surface area contributed by atoms with Crippen LogP contribution >= 0.6 is 15.9 Å². The summed E-state index contributed by atoms with van der Waals surface area (Å²) in [6, 6.07) is 6.93. The first-order chi connectivity index (χ1) is 8.94. The molecular weight excluding hydrogens is 332 g/mol. The van der Waals surface area contributed by atoms with Gasteiger partial charge in [-0.3, -0.25) is 4.79 Å². The van der Waals surface area contributed by atoms with Gasteiger partial charge in [-0.05, 0) is 24.3 Å². The van der Waals surface area contributed by atoms with Crippen LogP contribution in [0.25, 0.3) is 0 Å². The molecule has 1 atom stereocenters. The molecule has 2 rings (SSSR count). The highest BCUT2D eigenvalue weighted by molar-refractivity contribution is 9.10. The van der Waals surface area contributed by atoms with Crippen LogP contribution in [0.5, 0.6) is 0 Å². The molecule has 5 nitrogen and oxygen atoms in total. The van der Waals surface area contributed by atoms with E-state index in [9.17, 15) is 13.2 Å². The third-order valence-corrected chi connectivity index (χ3v) is 4.51. The highest BCUT2D eigenvalue weighted by atomic mass is 79.9. The summed E-state index contributed by atoms with van der Waals surface area (Å²) in [6.45, 7) is 0.0700. The van der Waals surface area contributed by atoms with E-state index in [1.165, 1.54) is 5.41 Å². The van der Waals surface area contributed by atoms with Crippen molar-refractivity contribution in [2.45, 2.75) is 6.04 Å². The molecule has 0 radical (unpaired) electrons. The van der Waals surface area contributed by atoms with Crippen LogP contribution in [-0.2, 0) is 14.6 Å². The van der Waals surface area contributed by atoms with Gasteiger partial charge in [0.25, 0.3) is 0 Å². The zero-order valence-electron chi connectivity index (χ0n) is 9.97. The molecule has 102 valence electrons. The average molecular weight is 345 g/mol. The van der Waals surface area contributed by atoms with Gasteiger partial charge in [0.05, 0.1) is 12.3 Å². The molecule has 0 fully saturated rings. The SMILES string of the molecule is O=C(CNC1C=CS(=O)(=O)C1)Nc1ccc(Br)cc1. The van der Waals surface area contributed by atoms with E-state index in [4.69, 9.17) is 0 Å². The highest BCUT2D eigenvalue weighted by Gasteiger charge is 2.21. The normalized spacial score (nSPS) is 20.4. The van der Waals surface area contributed by atoms with Gasteiger partial charge in [0.2, 0.25) is 5.91 Å². The van der Waals surface area contributed by atoms with Gasteiger partial charge in [-0.25, -0.2) is 8.42 Å². The first-order valence-electron chi connectivity index (χ1n) is 5.64. The maximum Gasteiger partial charge on any atom is 0.238 e. The minimum Gasteiger partial charge on any atom is -0.325 e. The monoisotopic (exact) mass is 344 g/mol. The van der Waals surface area contributed by atoms with Gasteiger partial charge in [-0.2, -0.15) is 0 Å². The third-order valence-electron chi connectivity index (χ3n) is 2.58. The van der Waals surface area contributed by atoms with Crippen LogP contribution in [0.1, 0.15) is 0 Å². The molecule has 1 aromatic rings. The Hall–Kier alpha value is -1.18. The number of anilines is 1. The first kappa shape index (κ1) is 14.2. The lowest BCUT2D eigenvalue weighted by molar-refractivity contribution is -0.115. The second-order valence-corrected chi connectivity index (χ2v) is 7.05. The van der Waals surface area contributed by atoms with Crippen molar-refractivity contribution in [1.82, 2.24) is 5.32 Å². The van der Waals surface area contributed by atoms with Crippen LogP contribution < -0.4 is 10.6 Å². The first-order valence-corrected chi connectivity index (χ1v) is 8.15. The molecule has 1 aromatic carbocycles. The molecule has 1 aliphatic heterocycles. The Morgan fingerprint density at radius 1 is 1.32 bits per heavy atom. The summed E-state index contributed by atoms with van der Waals surface area (Å²) in [5.74, 6) is -0.196. The second-order valence-electron chi connectivity index (χ2n) is 4.20. The van der Waals surface area contributed by atoms with E-state index >= 15 is 0 Å². The maximum absolute atomic E-state index is 11.7. The molecule has 7 heteroatoms. The van der Waals surface area contributed by atoms with Crippen molar-refractivity contribution in [2.75, 3.05) is 17.6 Å². The third kappa shape index (κ3) is 4.45. The van der Waals surface area contributed by atoms with Crippen molar-refractivity contribution in [3.8, 4) is 0 Å². The molecule has 19 heavy (non-hydrogen) atoms. The van der Waals surface area contributed by atoms with Crippen LogP contribution in [0.3, 0.4) is 0 Å². The van der Waals surface area contributed by atoms with Crippen LogP contribution in [0.15, 0.2) is 40.2 Å². The molecule has 0 aromatic heterocycles. The molecule has 1 unspecified atom stereocenters. The standard InChI is InChI=1S/C12H13BrN2O3S/c13-9-1-3-10(4-2-9)15-12(16)7-14-11-5-6-19(17,18)8-11/h1-6,11,14H,7-8H2,(H,15,16). The summed E-state index contributed by atoms with van der Waals surface area (Å²) in [5.41, 5.74) is 0.699. The van der Waals surface area contributed by atoms with E-state index in [0.717, 1.165) is 4.47 Å². The Morgan fingerprint density at radius 2 is 2.00 bits per heavy atom. The predicted molar refractivity (Wildman–Crippen MR) is 77.5 cm³/mol. The fourth-order valence-electron chi connectivity index (χ4n) is 1.67. The van der Waals surface area contributed by atoms with Gasteiger partial charge >= 0.3 is 0 Å². The van der Waals surface area contributed by atoms with Crippen LogP contribution in [-0.4, -0.2) is 32.7 Å². The van der Waals surface area contributed by atoms with E-state index in [1.807, 2.05) is 12.1 Å². The lowest BCUT2D eigenvalue weighted by atomic mass is 10.3. The largest absolute Gasteiger partial charge is 0.325 e. The number of benzene rings is 1. The Bertz CT molecular complexity index is 596. The quantitative estimate of drug-likeness (QED) is 0.862. The van der Waals surface area contributed by atoms with Gasteiger partial charge < -0.3 is 10.6 Å². The Morgan fingerprint density at radius 3 is 2.58 bits per heavy atom. The fourth-order valence-corrected chi connectivity index (χ4v) is 3.20. The minimum absolute atomic E-state index is 0.0125. The van der Waals surface area contributed by atoms with Crippen LogP contribution in [0.2, 0.25) is 0 Å². The number of rotatable bonds is 4. The molecule has 0 spiro atoms. The molecule has 2 N–H and O–H groups in total. The predicted octanol–water partition coefficient (Wildman–Crippen LogP) is 1.29. The molecule has 0 aliphatic carbocycles. The number of sulfone groups is 1. The number of nitrogens with one attached hydrogen (secondary N) is 2. The van der Waals surface area contributed by atoms with Gasteiger partial charge in [-0.15, -0.1) is 0 Å². The molecule has 0 bridgehead atoms. The minimum atomic E-state index is -3.09. The summed E-state index contributed by atoms with van der Waals surface area (Å²) in [5, 5.41) is 6.78. The highest BCUT2D eigenvalue weighted by Crippen LogP contribution is 2.14. The number of carbonyl (C=O) groups is 1. The fraction of sp³-hybridized carbons (Fsp3) is 0.250. The molecule has 1 amide bonds. The topological polar surface area (TPSA) is 75.3 Å². The van der Waals surface area contributed by atoms with Crippen molar-refractivity contribution < 1.29 is 13.2 Å². The number of hydrogen-bond donors (Lipinski definition) is 2. The molecule has 0 saturated carbocycles. The summed E-state index contributed by atoms with van der Waals surface area (Å²) in [7, 11) is -3.09. The number of hydrogen-bond acceptors (Lipinski definition) is 4. The Balaban J connectivity index is 1.79. The molecule has 1 aliphatic rings. The van der Waals surface area contributed by atoms with E-state index in [2.05, 4.69) is 26.6 Å². The van der Waals surface area contributed by atoms with Crippen molar-refractivity contribution in [3.63, 3.8) is 0 Å². The maximum atomic E-state index is 11.7. The zero-order chi connectivity index (χ0) is 13.9. The van der Waals surface area contributed by atoms with Gasteiger partial charge in [0.1, 0.15) is 0 Å². The second kappa shape index (κ2) is 5.85. The van der Waals surface area contributed by atoms with Gasteiger partial charge in [0, 0.05) is 21.6 Å². The number of amides is 1. The van der Waals surface area contributed by atoms with Gasteiger partial charge in [-0.1, -0.05) is 22.0 Å². The lowest BCUT2D eigenvalue weighted by Gasteiger charge is -2.10. The van der Waals surface area contributed by atoms with E-state index < -0.39 is 9.84 Å². The van der Waals surface area contributed by atoms with Crippen molar-refractivity contribution in [1.29, 1.82) is 0 Å². The van der Waals surface area contributed by atoms with E-state index in [0.29, 0.717) is 5.69 Å². The Kier molecular flexibility index (Phi) is 4.38. The van der Waals surface area contributed by atoms with Gasteiger partial charge in [0.15, 0.2) is 9.84 Å². The zero-order valence-corrected chi connectivity index (χ0v) is 12.4. The molecule has 1 heterocycles. The molecule has 0 saturated heterocycles. The number of halogens is 1. The van der Waals surface area contributed by atoms with E-state index in [1.54, 1.807) is 18.2 Å².